The molecule has 35 heavy (non-hydrogen) atoms. The minimum absolute atomic E-state index is 0.256. The van der Waals surface area contributed by atoms with Crippen LogP contribution in [-0.4, -0.2) is 27.6 Å². The van der Waals surface area contributed by atoms with Crippen molar-refractivity contribution in [2.24, 2.45) is 0 Å². The molecule has 7 nitrogen and oxygen atoms in total. The first-order valence-electron chi connectivity index (χ1n) is 11.6. The van der Waals surface area contributed by atoms with E-state index in [1.165, 1.54) is 28.1 Å². The summed E-state index contributed by atoms with van der Waals surface area (Å²) in [6.45, 7) is 6.09. The number of aryl methyl sites for hydroxylation is 2. The van der Waals surface area contributed by atoms with Gasteiger partial charge in [0.05, 0.1) is 21.7 Å². The van der Waals surface area contributed by atoms with Gasteiger partial charge in [-0.25, -0.2) is 9.97 Å². The maximum atomic E-state index is 13.3. The minimum atomic E-state index is -0.330. The summed E-state index contributed by atoms with van der Waals surface area (Å²) in [6.07, 6.45) is 5.24. The second-order valence-electron chi connectivity index (χ2n) is 8.91. The molecular formula is C27H25ClN6O. The second-order valence-corrected chi connectivity index (χ2v) is 9.32. The lowest BCUT2D eigenvalue weighted by Gasteiger charge is -2.24. The van der Waals surface area contributed by atoms with E-state index in [0.717, 1.165) is 37.2 Å². The average Bonchev–Trinajstić information content (AvgIpc) is 2.86. The third-order valence-electron chi connectivity index (χ3n) is 6.61. The highest BCUT2D eigenvalue weighted by molar-refractivity contribution is 6.32. The number of hydrogen-bond acceptors (Lipinski definition) is 6. The van der Waals surface area contributed by atoms with Crippen LogP contribution < -0.4 is 16.2 Å². The summed E-state index contributed by atoms with van der Waals surface area (Å²) in [7, 11) is 0. The Kier molecular flexibility index (Phi) is 6.25. The van der Waals surface area contributed by atoms with E-state index in [0.29, 0.717) is 28.1 Å². The van der Waals surface area contributed by atoms with Crippen molar-refractivity contribution < 1.29 is 0 Å². The lowest BCUT2D eigenvalue weighted by Crippen LogP contribution is -2.26. The molecule has 2 aromatic heterocycles. The van der Waals surface area contributed by atoms with Gasteiger partial charge in [-0.3, -0.25) is 9.36 Å². The van der Waals surface area contributed by atoms with Crippen molar-refractivity contribution >= 4 is 34.1 Å². The van der Waals surface area contributed by atoms with E-state index in [4.69, 9.17) is 11.6 Å². The smallest absolute Gasteiger partial charge is 0.266 e. The fraction of sp³-hybridized carbons (Fsp3) is 0.259. The number of nitrogens with zero attached hydrogens (tertiary/aromatic N) is 4. The number of rotatable bonds is 4. The van der Waals surface area contributed by atoms with Crippen LogP contribution in [0.25, 0.3) is 16.6 Å². The Labute approximate surface area is 208 Å². The van der Waals surface area contributed by atoms with Crippen LogP contribution in [0.2, 0.25) is 5.02 Å². The van der Waals surface area contributed by atoms with Gasteiger partial charge in [0.2, 0.25) is 5.95 Å². The Hall–Kier alpha value is -3.73. The zero-order valence-corrected chi connectivity index (χ0v) is 20.4. The number of anilines is 2. The van der Waals surface area contributed by atoms with Gasteiger partial charge in [-0.15, -0.1) is 0 Å². The summed E-state index contributed by atoms with van der Waals surface area (Å²) >= 11 is 6.38. The van der Waals surface area contributed by atoms with Crippen molar-refractivity contribution in [1.82, 2.24) is 19.9 Å². The first-order valence-corrected chi connectivity index (χ1v) is 12.0. The van der Waals surface area contributed by atoms with Crippen LogP contribution in [-0.2, 0) is 0 Å². The zero-order chi connectivity index (χ0) is 24.5. The van der Waals surface area contributed by atoms with E-state index >= 15 is 0 Å². The summed E-state index contributed by atoms with van der Waals surface area (Å²) in [5, 5.41) is 17.1. The number of para-hydroxylation sites is 1. The number of nitriles is 1. The van der Waals surface area contributed by atoms with Gasteiger partial charge >= 0.3 is 0 Å². The Morgan fingerprint density at radius 2 is 1.97 bits per heavy atom. The highest BCUT2D eigenvalue weighted by Crippen LogP contribution is 2.30. The van der Waals surface area contributed by atoms with E-state index < -0.39 is 0 Å². The molecule has 0 bridgehead atoms. The van der Waals surface area contributed by atoms with Gasteiger partial charge in [0, 0.05) is 18.1 Å². The van der Waals surface area contributed by atoms with Crippen molar-refractivity contribution in [1.29, 1.82) is 5.26 Å². The average molecular weight is 485 g/mol. The summed E-state index contributed by atoms with van der Waals surface area (Å²) in [6, 6.07) is 13.9. The van der Waals surface area contributed by atoms with Gasteiger partial charge in [-0.05, 0) is 80.6 Å². The molecule has 0 radical (unpaired) electrons. The predicted octanol–water partition coefficient (Wildman–Crippen LogP) is 5.13. The molecule has 2 N–H and O–H groups in total. The monoisotopic (exact) mass is 484 g/mol. The zero-order valence-electron chi connectivity index (χ0n) is 19.6. The minimum Gasteiger partial charge on any atom is -0.324 e. The first kappa shape index (κ1) is 23.0. The van der Waals surface area contributed by atoms with Crippen LogP contribution in [0.15, 0.2) is 53.6 Å². The molecule has 0 saturated carbocycles. The van der Waals surface area contributed by atoms with Gasteiger partial charge in [0.15, 0.2) is 0 Å². The third kappa shape index (κ3) is 4.39. The van der Waals surface area contributed by atoms with Crippen LogP contribution in [0, 0.1) is 25.2 Å². The number of nitrogens with one attached hydrogen (secondary N) is 2. The molecular weight excluding hydrogens is 460 g/mol. The number of fused-ring (bicyclic) bond motifs is 1. The molecule has 176 valence electrons. The Bertz CT molecular complexity index is 1510. The molecule has 0 unspecified atom stereocenters. The fourth-order valence-corrected chi connectivity index (χ4v) is 5.15. The maximum Gasteiger partial charge on any atom is 0.266 e. The molecule has 5 rings (SSSR count). The van der Waals surface area contributed by atoms with Crippen LogP contribution >= 0.6 is 11.6 Å². The summed E-state index contributed by atoms with van der Waals surface area (Å²) in [4.78, 5) is 22.2. The topological polar surface area (TPSA) is 95.6 Å². The standard InChI is InChI=1S/C27H25ClN6O/c1-16-4-3-5-23(28)25(16)34-15-19(13-29)24-22(26(34)35)14-31-27(33-24)32-20-6-7-21(17(2)12-20)18-8-10-30-11-9-18/h3-7,12,14-15,18,30H,8-11H2,1-2H3,(H,31,32,33). The molecule has 8 heteroatoms. The Balaban J connectivity index is 1.51. The number of benzene rings is 2. The van der Waals surface area contributed by atoms with Crippen molar-refractivity contribution in [2.75, 3.05) is 18.4 Å². The predicted molar refractivity (Wildman–Crippen MR) is 139 cm³/mol. The maximum absolute atomic E-state index is 13.3. The van der Waals surface area contributed by atoms with E-state index in [9.17, 15) is 10.1 Å². The van der Waals surface area contributed by atoms with E-state index in [1.54, 1.807) is 6.07 Å². The number of halogens is 1. The quantitative estimate of drug-likeness (QED) is 0.416. The van der Waals surface area contributed by atoms with Gasteiger partial charge in [0.1, 0.15) is 11.6 Å². The molecule has 1 aliphatic heterocycles. The van der Waals surface area contributed by atoms with Crippen molar-refractivity contribution in [2.45, 2.75) is 32.6 Å². The van der Waals surface area contributed by atoms with Crippen molar-refractivity contribution in [3.63, 3.8) is 0 Å². The van der Waals surface area contributed by atoms with Gasteiger partial charge in [-0.1, -0.05) is 29.8 Å². The van der Waals surface area contributed by atoms with Crippen molar-refractivity contribution in [3.05, 3.63) is 86.4 Å². The molecule has 0 amide bonds. The molecule has 3 heterocycles. The lowest BCUT2D eigenvalue weighted by atomic mass is 9.87. The molecule has 1 aliphatic rings. The third-order valence-corrected chi connectivity index (χ3v) is 6.91. The van der Waals surface area contributed by atoms with Crippen molar-refractivity contribution in [3.8, 4) is 11.8 Å². The lowest BCUT2D eigenvalue weighted by molar-refractivity contribution is 0.459. The number of hydrogen-bond donors (Lipinski definition) is 2. The molecule has 0 atom stereocenters. The summed E-state index contributed by atoms with van der Waals surface area (Å²) in [5.41, 5.74) is 5.06. The molecule has 1 saturated heterocycles. The molecule has 4 aromatic rings. The second kappa shape index (κ2) is 9.49. The van der Waals surface area contributed by atoms with Crippen LogP contribution in [0.1, 0.15) is 41.0 Å². The van der Waals surface area contributed by atoms with E-state index in [1.807, 2.05) is 25.1 Å². The number of pyridine rings is 1. The molecule has 2 aromatic carbocycles. The highest BCUT2D eigenvalue weighted by atomic mass is 35.5. The first-order chi connectivity index (χ1) is 17.0. The SMILES string of the molecule is Cc1cc(Nc2ncc3c(=O)n(-c4c(C)cccc4Cl)cc(C#N)c3n2)ccc1C1CCNCC1. The van der Waals surface area contributed by atoms with E-state index in [2.05, 4.69) is 45.7 Å². The van der Waals surface area contributed by atoms with Crippen LogP contribution in [0.5, 0.6) is 0 Å². The van der Waals surface area contributed by atoms with E-state index in [-0.39, 0.29) is 16.5 Å². The van der Waals surface area contributed by atoms with Gasteiger partial charge < -0.3 is 10.6 Å². The van der Waals surface area contributed by atoms with Crippen LogP contribution in [0.4, 0.5) is 11.6 Å². The Morgan fingerprint density at radius 3 is 2.69 bits per heavy atom. The van der Waals surface area contributed by atoms with Gasteiger partial charge in [0.25, 0.3) is 5.56 Å². The normalized spacial score (nSPS) is 14.1. The molecule has 1 fully saturated rings. The fourth-order valence-electron chi connectivity index (χ4n) is 4.83. The van der Waals surface area contributed by atoms with Gasteiger partial charge in [-0.2, -0.15) is 5.26 Å². The molecule has 0 spiro atoms. The largest absolute Gasteiger partial charge is 0.324 e. The Morgan fingerprint density at radius 1 is 1.17 bits per heavy atom. The highest BCUT2D eigenvalue weighted by Gasteiger charge is 2.18. The number of aromatic nitrogens is 3. The summed E-state index contributed by atoms with van der Waals surface area (Å²) in [5.74, 6) is 0.901. The van der Waals surface area contributed by atoms with Crippen LogP contribution in [0.3, 0.4) is 0 Å². The molecule has 0 aliphatic carbocycles. The summed E-state index contributed by atoms with van der Waals surface area (Å²) < 4.78 is 1.40. The number of piperidine rings is 1.